The van der Waals surface area contributed by atoms with E-state index >= 15 is 0 Å². The van der Waals surface area contributed by atoms with Gasteiger partial charge >= 0.3 is 5.97 Å². The molecular formula is C31H46N10O9S2. The van der Waals surface area contributed by atoms with Crippen LogP contribution in [0.4, 0.5) is 0 Å². The number of aromatic amines is 1. The molecule has 1 aromatic carbocycles. The van der Waals surface area contributed by atoms with Crippen LogP contribution >= 0.6 is 25.3 Å². The standard InChI is InChI=1S/C31H46N10O9S2/c32-8-4-3-7-20(40-28(47)18(33)14-51)29(48)36-12-24(42)38-22(10-26(44)45)31(50)41-21(9-16-11-35-19-6-2-1-5-17(16)19)30(49)37-13-25(43)39-23(15-52)27(34)46/h1-2,5-6,11,18,20-23,35,51-52H,3-4,7-10,12-15,32-33H2,(H2,34,46)(H,36,48)(H,37,49)(H,38,42)(H,39,43)(H,40,47)(H,41,50)(H,44,45)/t18-,20-,21-,22-,23-/m0/s1. The van der Waals surface area contributed by atoms with Crippen molar-refractivity contribution in [3.05, 3.63) is 36.0 Å². The number of nitrogens with two attached hydrogens (primary N) is 3. The number of aromatic nitrogens is 1. The van der Waals surface area contributed by atoms with Crippen molar-refractivity contribution in [1.82, 2.24) is 36.9 Å². The summed E-state index contributed by atoms with van der Waals surface area (Å²) in [5, 5.41) is 24.5. The number of hydrogen-bond acceptors (Lipinski definition) is 12. The second-order valence-corrected chi connectivity index (χ2v) is 12.3. The third kappa shape index (κ3) is 14.4. The molecule has 14 N–H and O–H groups in total. The van der Waals surface area contributed by atoms with Gasteiger partial charge in [-0.15, -0.1) is 0 Å². The Morgan fingerprint density at radius 1 is 0.750 bits per heavy atom. The molecule has 0 saturated carbocycles. The van der Waals surface area contributed by atoms with Gasteiger partial charge in [0.25, 0.3) is 0 Å². The van der Waals surface area contributed by atoms with Crippen molar-refractivity contribution >= 4 is 83.5 Å². The van der Waals surface area contributed by atoms with Gasteiger partial charge in [-0.25, -0.2) is 0 Å². The number of fused-ring (bicyclic) bond motifs is 1. The van der Waals surface area contributed by atoms with Crippen LogP contribution in [0.15, 0.2) is 30.5 Å². The number of carbonyl (C=O) groups is 8. The van der Waals surface area contributed by atoms with E-state index in [0.717, 1.165) is 10.9 Å². The van der Waals surface area contributed by atoms with Crippen molar-refractivity contribution in [3.63, 3.8) is 0 Å². The Kier molecular flexibility index (Phi) is 18.5. The zero-order valence-corrected chi connectivity index (χ0v) is 30.0. The summed E-state index contributed by atoms with van der Waals surface area (Å²) in [5.74, 6) is -7.36. The van der Waals surface area contributed by atoms with Crippen LogP contribution in [0.5, 0.6) is 0 Å². The van der Waals surface area contributed by atoms with E-state index in [2.05, 4.69) is 62.1 Å². The van der Waals surface area contributed by atoms with E-state index in [1.54, 1.807) is 30.5 Å². The Bertz CT molecular complexity index is 1590. The fourth-order valence-corrected chi connectivity index (χ4v) is 5.22. The first-order valence-corrected chi connectivity index (χ1v) is 17.4. The number of aliphatic carboxylic acids is 1. The fourth-order valence-electron chi connectivity index (χ4n) is 4.79. The van der Waals surface area contributed by atoms with Crippen molar-refractivity contribution in [2.45, 2.75) is 62.3 Å². The predicted molar refractivity (Wildman–Crippen MR) is 196 cm³/mol. The minimum absolute atomic E-state index is 0.0197. The van der Waals surface area contributed by atoms with Crippen LogP contribution in [0.3, 0.4) is 0 Å². The van der Waals surface area contributed by atoms with Crippen LogP contribution < -0.4 is 49.1 Å². The SMILES string of the molecule is NCCCC[C@H](NC(=O)[C@@H](N)CS)C(=O)NCC(=O)N[C@@H](CC(=O)O)C(=O)N[C@@H](Cc1c[nH]c2ccccc12)C(=O)NCC(=O)N[C@@H](CS)C(N)=O. The molecule has 0 unspecified atom stereocenters. The number of unbranched alkanes of at least 4 members (excludes halogenated alkanes) is 1. The van der Waals surface area contributed by atoms with E-state index in [1.807, 2.05) is 0 Å². The molecule has 5 atom stereocenters. The zero-order valence-electron chi connectivity index (χ0n) is 28.2. The lowest BCUT2D eigenvalue weighted by atomic mass is 10.0. The predicted octanol–water partition coefficient (Wildman–Crippen LogP) is -3.84. The molecule has 0 aliphatic rings. The number of carboxylic acids is 1. The highest BCUT2D eigenvalue weighted by Gasteiger charge is 2.30. The molecule has 7 amide bonds. The summed E-state index contributed by atoms with van der Waals surface area (Å²) in [4.78, 5) is 103. The largest absolute Gasteiger partial charge is 0.481 e. The molecule has 1 heterocycles. The summed E-state index contributed by atoms with van der Waals surface area (Å²) >= 11 is 7.93. The van der Waals surface area contributed by atoms with Gasteiger partial charge in [-0.3, -0.25) is 38.4 Å². The monoisotopic (exact) mass is 766 g/mol. The van der Waals surface area contributed by atoms with E-state index in [9.17, 15) is 43.5 Å². The molecule has 286 valence electrons. The minimum Gasteiger partial charge on any atom is -0.481 e. The van der Waals surface area contributed by atoms with Gasteiger partial charge in [-0.05, 0) is 37.4 Å². The van der Waals surface area contributed by atoms with Gasteiger partial charge in [0.2, 0.25) is 41.4 Å². The lowest BCUT2D eigenvalue weighted by Gasteiger charge is -2.23. The van der Waals surface area contributed by atoms with Gasteiger partial charge < -0.3 is 59.2 Å². The first-order valence-electron chi connectivity index (χ1n) is 16.2. The average Bonchev–Trinajstić information content (AvgIpc) is 3.52. The molecule has 21 heteroatoms. The quantitative estimate of drug-likeness (QED) is 0.0384. The first-order chi connectivity index (χ1) is 24.7. The maximum atomic E-state index is 13.4. The molecule has 0 aliphatic carbocycles. The van der Waals surface area contributed by atoms with Crippen LogP contribution in [0, 0.1) is 0 Å². The molecule has 0 spiro atoms. The van der Waals surface area contributed by atoms with Gasteiger partial charge in [-0.2, -0.15) is 25.3 Å². The van der Waals surface area contributed by atoms with Crippen LogP contribution in [-0.4, -0.2) is 119 Å². The number of nitrogens with one attached hydrogen (secondary N) is 7. The lowest BCUT2D eigenvalue weighted by Crippen LogP contribution is -2.57. The molecular weight excluding hydrogens is 721 g/mol. The van der Waals surface area contributed by atoms with E-state index in [0.29, 0.717) is 24.9 Å². The second-order valence-electron chi connectivity index (χ2n) is 11.6. The third-order valence-corrected chi connectivity index (χ3v) is 8.34. The van der Waals surface area contributed by atoms with E-state index < -0.39 is 97.0 Å². The van der Waals surface area contributed by atoms with Crippen molar-refractivity contribution in [2.24, 2.45) is 17.2 Å². The topological polar surface area (TPSA) is 323 Å². The van der Waals surface area contributed by atoms with Gasteiger partial charge in [0.15, 0.2) is 0 Å². The highest BCUT2D eigenvalue weighted by atomic mass is 32.1. The molecule has 0 bridgehead atoms. The Hall–Kier alpha value is -4.86. The van der Waals surface area contributed by atoms with Gasteiger partial charge in [-0.1, -0.05) is 18.2 Å². The molecule has 1 aromatic heterocycles. The highest BCUT2D eigenvalue weighted by molar-refractivity contribution is 7.80. The smallest absolute Gasteiger partial charge is 0.305 e. The number of carbonyl (C=O) groups excluding carboxylic acids is 7. The number of rotatable bonds is 23. The Balaban J connectivity index is 2.19. The van der Waals surface area contributed by atoms with Crippen molar-refractivity contribution in [2.75, 3.05) is 31.1 Å². The highest BCUT2D eigenvalue weighted by Crippen LogP contribution is 2.19. The molecule has 0 aliphatic heterocycles. The van der Waals surface area contributed by atoms with Crippen molar-refractivity contribution < 1.29 is 43.5 Å². The fraction of sp³-hybridized carbons (Fsp3) is 0.484. The van der Waals surface area contributed by atoms with E-state index in [1.165, 1.54) is 0 Å². The third-order valence-electron chi connectivity index (χ3n) is 7.58. The van der Waals surface area contributed by atoms with Crippen LogP contribution in [0.2, 0.25) is 0 Å². The van der Waals surface area contributed by atoms with Gasteiger partial charge in [0.05, 0.1) is 25.6 Å². The molecule has 19 nitrogen and oxygen atoms in total. The number of benzene rings is 1. The normalized spacial score (nSPS) is 13.8. The number of carboxylic acid groups (broad SMARTS) is 1. The van der Waals surface area contributed by atoms with Gasteiger partial charge in [0, 0.05) is 35.0 Å². The Morgan fingerprint density at radius 3 is 1.92 bits per heavy atom. The van der Waals surface area contributed by atoms with E-state index in [-0.39, 0.29) is 24.3 Å². The Labute approximate surface area is 309 Å². The summed E-state index contributed by atoms with van der Waals surface area (Å²) in [6.45, 7) is -0.960. The van der Waals surface area contributed by atoms with Crippen molar-refractivity contribution in [1.29, 1.82) is 0 Å². The number of primary amides is 1. The number of hydrogen-bond donors (Lipinski definition) is 13. The molecule has 2 aromatic rings. The average molecular weight is 767 g/mol. The maximum absolute atomic E-state index is 13.4. The van der Waals surface area contributed by atoms with Crippen LogP contribution in [0.25, 0.3) is 10.9 Å². The number of amides is 7. The molecule has 0 fully saturated rings. The first kappa shape index (κ1) is 43.3. The number of para-hydroxylation sites is 1. The van der Waals surface area contributed by atoms with Crippen LogP contribution in [0.1, 0.15) is 31.2 Å². The van der Waals surface area contributed by atoms with Crippen molar-refractivity contribution in [3.8, 4) is 0 Å². The van der Waals surface area contributed by atoms with E-state index in [4.69, 9.17) is 17.2 Å². The second kappa shape index (κ2) is 22.2. The lowest BCUT2D eigenvalue weighted by molar-refractivity contribution is -0.141. The summed E-state index contributed by atoms with van der Waals surface area (Å²) in [6, 6.07) is 0.871. The molecule has 0 saturated heterocycles. The van der Waals surface area contributed by atoms with Gasteiger partial charge in [0.1, 0.15) is 24.2 Å². The summed E-state index contributed by atoms with van der Waals surface area (Å²) < 4.78 is 0. The maximum Gasteiger partial charge on any atom is 0.305 e. The molecule has 2 rings (SSSR count). The summed E-state index contributed by atoms with van der Waals surface area (Å²) in [7, 11) is 0. The summed E-state index contributed by atoms with van der Waals surface area (Å²) in [5.41, 5.74) is 17.8. The molecule has 0 radical (unpaired) electrons. The number of thiol groups is 2. The zero-order chi connectivity index (χ0) is 38.8. The Morgan fingerprint density at radius 2 is 1.35 bits per heavy atom. The molecule has 52 heavy (non-hydrogen) atoms. The minimum atomic E-state index is -1.70. The van der Waals surface area contributed by atoms with Crippen LogP contribution in [-0.2, 0) is 44.8 Å². The number of H-pyrrole nitrogens is 1. The summed E-state index contributed by atoms with van der Waals surface area (Å²) in [6.07, 6.45) is 1.81.